The Kier molecular flexibility index (Phi) is 62.7. The van der Waals surface area contributed by atoms with Crippen molar-refractivity contribution in [1.29, 1.82) is 0 Å². The third-order valence-corrected chi connectivity index (χ3v) is 14.3. The number of ether oxygens (including phenoxy) is 3. The molecular formula is C72H124O6. The zero-order chi connectivity index (χ0) is 56.4. The largest absolute Gasteiger partial charge is 0.462 e. The van der Waals surface area contributed by atoms with E-state index in [1.807, 2.05) is 0 Å². The molecule has 0 N–H and O–H groups in total. The summed E-state index contributed by atoms with van der Waals surface area (Å²) in [5, 5.41) is 0. The lowest BCUT2D eigenvalue weighted by Gasteiger charge is -2.18. The van der Waals surface area contributed by atoms with E-state index in [1.165, 1.54) is 173 Å². The predicted octanol–water partition coefficient (Wildman–Crippen LogP) is 22.8. The molecule has 0 aromatic carbocycles. The van der Waals surface area contributed by atoms with Crippen LogP contribution in [0, 0.1) is 0 Å². The fraction of sp³-hybridized carbons (Fsp3) is 0.736. The molecule has 0 spiro atoms. The fourth-order valence-electron chi connectivity index (χ4n) is 9.32. The molecule has 0 heterocycles. The summed E-state index contributed by atoms with van der Waals surface area (Å²) in [7, 11) is 0. The Balaban J connectivity index is 4.33. The van der Waals surface area contributed by atoms with Gasteiger partial charge in [0.05, 0.1) is 0 Å². The van der Waals surface area contributed by atoms with Gasteiger partial charge < -0.3 is 14.2 Å². The predicted molar refractivity (Wildman–Crippen MR) is 339 cm³/mol. The highest BCUT2D eigenvalue weighted by atomic mass is 16.6. The van der Waals surface area contributed by atoms with E-state index in [-0.39, 0.29) is 37.5 Å². The van der Waals surface area contributed by atoms with E-state index in [4.69, 9.17) is 14.2 Å². The molecule has 6 nitrogen and oxygen atoms in total. The number of hydrogen-bond donors (Lipinski definition) is 0. The van der Waals surface area contributed by atoms with Crippen molar-refractivity contribution in [2.45, 2.75) is 329 Å². The first kappa shape index (κ1) is 74.3. The van der Waals surface area contributed by atoms with Crippen LogP contribution in [0.25, 0.3) is 0 Å². The number of carbonyl (C=O) groups excluding carboxylic acids is 3. The standard InChI is InChI=1S/C72H124O6/c1-4-7-10-13-16-19-22-25-28-30-32-33-34-35-36-37-38-39-41-42-44-47-50-53-56-59-62-65-71(74)77-68-69(67-76-70(73)64-61-58-55-52-49-46-27-24-21-18-15-12-9-6-3)78-72(75)66-63-60-57-54-51-48-45-43-40-31-29-26-23-20-17-14-11-8-5-2/h8,11,17,20,22,24-27,29-30,32,40,43,48,51,69H,4-7,9-10,12-16,18-19,21,23,28,31,33-39,41-42,44-47,49-50,52-68H2,1-3H3/b11-8-,20-17-,25-22-,27-24-,29-26-,32-30-,43-40-,51-48-. The van der Waals surface area contributed by atoms with Crippen molar-refractivity contribution in [1.82, 2.24) is 0 Å². The summed E-state index contributed by atoms with van der Waals surface area (Å²) < 4.78 is 16.9. The van der Waals surface area contributed by atoms with Crippen LogP contribution in [0.5, 0.6) is 0 Å². The highest BCUT2D eigenvalue weighted by Crippen LogP contribution is 2.16. The summed E-state index contributed by atoms with van der Waals surface area (Å²) in [5.74, 6) is -0.923. The van der Waals surface area contributed by atoms with Gasteiger partial charge in [0.25, 0.3) is 0 Å². The maximum atomic E-state index is 12.9. The van der Waals surface area contributed by atoms with E-state index >= 15 is 0 Å². The number of rotatable bonds is 60. The molecule has 448 valence electrons. The van der Waals surface area contributed by atoms with Gasteiger partial charge in [-0.3, -0.25) is 14.4 Å². The van der Waals surface area contributed by atoms with Crippen LogP contribution < -0.4 is 0 Å². The molecular weight excluding hydrogens is 961 g/mol. The molecule has 0 saturated heterocycles. The van der Waals surface area contributed by atoms with Crippen LogP contribution in [0.1, 0.15) is 323 Å². The fourth-order valence-corrected chi connectivity index (χ4v) is 9.32. The number of allylic oxidation sites excluding steroid dienone is 16. The van der Waals surface area contributed by atoms with Crippen molar-refractivity contribution in [3.05, 3.63) is 97.2 Å². The van der Waals surface area contributed by atoms with Crippen molar-refractivity contribution in [2.75, 3.05) is 13.2 Å². The molecule has 6 heteroatoms. The van der Waals surface area contributed by atoms with Gasteiger partial charge in [0.15, 0.2) is 6.10 Å². The summed E-state index contributed by atoms with van der Waals surface area (Å²) in [5.41, 5.74) is 0. The number of carbonyl (C=O) groups is 3. The summed E-state index contributed by atoms with van der Waals surface area (Å²) in [4.78, 5) is 38.3. The first-order valence-electron chi connectivity index (χ1n) is 33.2. The second kappa shape index (κ2) is 65.8. The van der Waals surface area contributed by atoms with Crippen molar-refractivity contribution >= 4 is 17.9 Å². The van der Waals surface area contributed by atoms with E-state index in [9.17, 15) is 14.4 Å². The van der Waals surface area contributed by atoms with Gasteiger partial charge in [-0.1, -0.05) is 279 Å². The third-order valence-electron chi connectivity index (χ3n) is 14.3. The van der Waals surface area contributed by atoms with Crippen LogP contribution >= 0.6 is 0 Å². The Bertz CT molecular complexity index is 1530. The van der Waals surface area contributed by atoms with Crippen LogP contribution in [0.15, 0.2) is 97.2 Å². The van der Waals surface area contributed by atoms with E-state index in [1.54, 1.807) is 0 Å². The maximum absolute atomic E-state index is 12.9. The minimum absolute atomic E-state index is 0.0924. The summed E-state index contributed by atoms with van der Waals surface area (Å²) in [6, 6.07) is 0. The Morgan fingerprint density at radius 3 is 0.808 bits per heavy atom. The van der Waals surface area contributed by atoms with Gasteiger partial charge in [0.2, 0.25) is 0 Å². The molecule has 0 saturated carbocycles. The summed E-state index contributed by atoms with van der Waals surface area (Å²) >= 11 is 0. The monoisotopic (exact) mass is 1080 g/mol. The highest BCUT2D eigenvalue weighted by molar-refractivity contribution is 5.71. The molecule has 0 rings (SSSR count). The second-order valence-corrected chi connectivity index (χ2v) is 22.0. The van der Waals surface area contributed by atoms with Gasteiger partial charge in [-0.25, -0.2) is 0 Å². The van der Waals surface area contributed by atoms with Crippen molar-refractivity contribution in [2.24, 2.45) is 0 Å². The van der Waals surface area contributed by atoms with Gasteiger partial charge in [-0.05, 0) is 122 Å². The minimum atomic E-state index is -0.800. The Hall–Kier alpha value is -3.67. The minimum Gasteiger partial charge on any atom is -0.462 e. The summed E-state index contributed by atoms with van der Waals surface area (Å²) in [6.07, 6.45) is 88.5. The van der Waals surface area contributed by atoms with Gasteiger partial charge >= 0.3 is 17.9 Å². The van der Waals surface area contributed by atoms with Crippen LogP contribution in [0.4, 0.5) is 0 Å². The average molecular weight is 1090 g/mol. The third kappa shape index (κ3) is 63.2. The molecule has 0 aromatic rings. The first-order chi connectivity index (χ1) is 38.5. The molecule has 0 amide bonds. The molecule has 0 fully saturated rings. The van der Waals surface area contributed by atoms with E-state index < -0.39 is 6.10 Å². The van der Waals surface area contributed by atoms with E-state index in [0.717, 1.165) is 109 Å². The van der Waals surface area contributed by atoms with Crippen LogP contribution in [-0.2, 0) is 28.6 Å². The van der Waals surface area contributed by atoms with Crippen LogP contribution in [-0.4, -0.2) is 37.2 Å². The topological polar surface area (TPSA) is 78.9 Å². The maximum Gasteiger partial charge on any atom is 0.306 e. The SMILES string of the molecule is CC/C=C\C/C=C\C/C=C\C/C=C\C/C=C\CCCCCC(=O)OC(COC(=O)CCCCCCC/C=C\CCCCCCC)COC(=O)CCCCCCCCCCCCCCCCC/C=C\C/C=C\CCCCCCC. The summed E-state index contributed by atoms with van der Waals surface area (Å²) in [6.45, 7) is 6.50. The Morgan fingerprint density at radius 1 is 0.269 bits per heavy atom. The zero-order valence-corrected chi connectivity index (χ0v) is 51.4. The molecule has 1 atom stereocenters. The van der Waals surface area contributed by atoms with E-state index in [2.05, 4.69) is 118 Å². The van der Waals surface area contributed by atoms with Gasteiger partial charge in [-0.2, -0.15) is 0 Å². The van der Waals surface area contributed by atoms with Crippen LogP contribution in [0.2, 0.25) is 0 Å². The number of hydrogen-bond acceptors (Lipinski definition) is 6. The zero-order valence-electron chi connectivity index (χ0n) is 51.4. The molecule has 0 aromatic heterocycles. The van der Waals surface area contributed by atoms with Gasteiger partial charge in [0, 0.05) is 19.3 Å². The van der Waals surface area contributed by atoms with Crippen molar-refractivity contribution in [3.8, 4) is 0 Å². The molecule has 0 bridgehead atoms. The number of unbranched alkanes of at least 4 members (excludes halogenated alkanes) is 33. The molecule has 78 heavy (non-hydrogen) atoms. The molecule has 0 aliphatic rings. The lowest BCUT2D eigenvalue weighted by molar-refractivity contribution is -0.167. The normalized spacial score (nSPS) is 12.7. The first-order valence-corrected chi connectivity index (χ1v) is 33.2. The Labute approximate surface area is 483 Å². The van der Waals surface area contributed by atoms with Crippen molar-refractivity contribution in [3.63, 3.8) is 0 Å². The Morgan fingerprint density at radius 2 is 0.500 bits per heavy atom. The molecule has 1 unspecified atom stereocenters. The lowest BCUT2D eigenvalue weighted by atomic mass is 10.0. The smallest absolute Gasteiger partial charge is 0.306 e. The second-order valence-electron chi connectivity index (χ2n) is 22.0. The molecule has 0 aliphatic heterocycles. The average Bonchev–Trinajstić information content (AvgIpc) is 3.44. The highest BCUT2D eigenvalue weighted by Gasteiger charge is 2.19. The van der Waals surface area contributed by atoms with Crippen LogP contribution in [0.3, 0.4) is 0 Å². The van der Waals surface area contributed by atoms with E-state index in [0.29, 0.717) is 12.8 Å². The van der Waals surface area contributed by atoms with Gasteiger partial charge in [-0.15, -0.1) is 0 Å². The lowest BCUT2D eigenvalue weighted by Crippen LogP contribution is -2.30. The number of esters is 3. The molecule has 0 radical (unpaired) electrons. The quantitative estimate of drug-likeness (QED) is 0.0261. The van der Waals surface area contributed by atoms with Crippen molar-refractivity contribution < 1.29 is 28.6 Å². The molecule has 0 aliphatic carbocycles. The van der Waals surface area contributed by atoms with Gasteiger partial charge in [0.1, 0.15) is 13.2 Å².